The van der Waals surface area contributed by atoms with E-state index in [1.807, 2.05) is 29.2 Å². The van der Waals surface area contributed by atoms with Gasteiger partial charge >= 0.3 is 0 Å². The molecule has 2 aromatic heterocycles. The normalized spacial score (nSPS) is 15.3. The first-order valence-corrected chi connectivity index (χ1v) is 10.6. The van der Waals surface area contributed by atoms with Crippen molar-refractivity contribution in [2.75, 3.05) is 50.8 Å². The van der Waals surface area contributed by atoms with Gasteiger partial charge in [-0.3, -0.25) is 9.48 Å². The van der Waals surface area contributed by atoms with Crippen LogP contribution in [-0.2, 0) is 6.54 Å². The number of hydrogen-bond donors (Lipinski definition) is 2. The lowest BCUT2D eigenvalue weighted by Gasteiger charge is -2.32. The van der Waals surface area contributed by atoms with E-state index in [2.05, 4.69) is 32.2 Å². The summed E-state index contributed by atoms with van der Waals surface area (Å²) < 4.78 is 6.84. The topological polar surface area (TPSA) is 105 Å². The van der Waals surface area contributed by atoms with Crippen LogP contribution >= 0.6 is 11.6 Å². The quantitative estimate of drug-likeness (QED) is 0.578. The molecule has 3 heterocycles. The molecule has 1 aliphatic heterocycles. The van der Waals surface area contributed by atoms with Crippen molar-refractivity contribution in [3.63, 3.8) is 0 Å². The summed E-state index contributed by atoms with van der Waals surface area (Å²) in [5.41, 5.74) is 7.86. The van der Waals surface area contributed by atoms with Crippen LogP contribution < -0.4 is 11.1 Å². The molecule has 0 spiro atoms. The minimum Gasteiger partial charge on any atom is -0.431 e. The molecular formula is C21H26ClN7O2. The second-order valence-electron chi connectivity index (χ2n) is 7.71. The Balaban J connectivity index is 1.37. The maximum Gasteiger partial charge on any atom is 0.292 e. The molecule has 1 aliphatic rings. The molecule has 31 heavy (non-hydrogen) atoms. The van der Waals surface area contributed by atoms with E-state index >= 15 is 0 Å². The third-order valence-corrected chi connectivity index (χ3v) is 5.72. The number of aromatic nitrogens is 3. The minimum absolute atomic E-state index is 0.0648. The largest absolute Gasteiger partial charge is 0.431 e. The molecule has 164 valence electrons. The lowest BCUT2D eigenvalue weighted by Crippen LogP contribution is -2.44. The zero-order chi connectivity index (χ0) is 21.8. The average Bonchev–Trinajstić information content (AvgIpc) is 3.40. The van der Waals surface area contributed by atoms with Gasteiger partial charge in [0.2, 0.25) is 0 Å². The summed E-state index contributed by atoms with van der Waals surface area (Å²) in [5, 5.41) is 7.65. The molecule has 1 amide bonds. The Bertz CT molecular complexity index is 1040. The Labute approximate surface area is 185 Å². The number of benzene rings is 1. The maximum atomic E-state index is 12.3. The van der Waals surface area contributed by atoms with Gasteiger partial charge in [0.25, 0.3) is 11.9 Å². The Morgan fingerprint density at radius 1 is 1.23 bits per heavy atom. The second kappa shape index (κ2) is 9.51. The SMILES string of the molecule is CN1CCN(CCCn2cc(-c3ccc(Cl)c(NC(=O)c4coc(N)n4)c3)cn2)CC1. The Morgan fingerprint density at radius 2 is 2.03 bits per heavy atom. The number of halogens is 1. The fourth-order valence-electron chi connectivity index (χ4n) is 3.54. The Hall–Kier alpha value is -2.88. The number of likely N-dealkylation sites (N-methyl/N-ethyl adjacent to an activating group) is 1. The lowest BCUT2D eigenvalue weighted by molar-refractivity contribution is 0.102. The van der Waals surface area contributed by atoms with Crippen LogP contribution in [0.1, 0.15) is 16.9 Å². The van der Waals surface area contributed by atoms with E-state index in [0.29, 0.717) is 10.7 Å². The van der Waals surface area contributed by atoms with Crippen LogP contribution in [0.5, 0.6) is 0 Å². The number of nitrogens with one attached hydrogen (secondary N) is 1. The first-order valence-electron chi connectivity index (χ1n) is 10.2. The van der Waals surface area contributed by atoms with Crippen molar-refractivity contribution in [1.29, 1.82) is 0 Å². The molecule has 0 atom stereocenters. The number of nitrogen functional groups attached to an aromatic ring is 1. The number of aryl methyl sites for hydroxylation is 1. The first-order chi connectivity index (χ1) is 15.0. The lowest BCUT2D eigenvalue weighted by atomic mass is 10.1. The van der Waals surface area contributed by atoms with Crippen molar-refractivity contribution in [3.05, 3.63) is 47.6 Å². The van der Waals surface area contributed by atoms with E-state index in [1.54, 1.807) is 6.07 Å². The summed E-state index contributed by atoms with van der Waals surface area (Å²) in [6.07, 6.45) is 6.09. The van der Waals surface area contributed by atoms with E-state index < -0.39 is 5.91 Å². The zero-order valence-electron chi connectivity index (χ0n) is 17.4. The number of oxazole rings is 1. The van der Waals surface area contributed by atoms with Gasteiger partial charge in [-0.05, 0) is 37.7 Å². The molecule has 0 radical (unpaired) electrons. The molecule has 3 N–H and O–H groups in total. The van der Waals surface area contributed by atoms with Gasteiger partial charge in [-0.2, -0.15) is 10.1 Å². The minimum atomic E-state index is -0.445. The number of anilines is 2. The molecule has 10 heteroatoms. The monoisotopic (exact) mass is 443 g/mol. The number of rotatable bonds is 7. The van der Waals surface area contributed by atoms with Crippen LogP contribution in [0.2, 0.25) is 5.02 Å². The highest BCUT2D eigenvalue weighted by molar-refractivity contribution is 6.34. The van der Waals surface area contributed by atoms with Crippen LogP contribution in [0, 0.1) is 0 Å². The fourth-order valence-corrected chi connectivity index (χ4v) is 3.71. The van der Waals surface area contributed by atoms with Crippen LogP contribution in [0.25, 0.3) is 11.1 Å². The van der Waals surface area contributed by atoms with Gasteiger partial charge in [-0.25, -0.2) is 0 Å². The van der Waals surface area contributed by atoms with Gasteiger partial charge in [0, 0.05) is 44.5 Å². The van der Waals surface area contributed by atoms with E-state index in [0.717, 1.165) is 56.8 Å². The Kier molecular flexibility index (Phi) is 6.55. The predicted molar refractivity (Wildman–Crippen MR) is 120 cm³/mol. The van der Waals surface area contributed by atoms with Crippen LogP contribution in [0.3, 0.4) is 0 Å². The van der Waals surface area contributed by atoms with E-state index in [4.69, 9.17) is 21.8 Å². The third kappa shape index (κ3) is 5.43. The fraction of sp³-hybridized carbons (Fsp3) is 0.381. The van der Waals surface area contributed by atoms with Gasteiger partial charge in [0.15, 0.2) is 5.69 Å². The molecule has 0 bridgehead atoms. The van der Waals surface area contributed by atoms with Crippen molar-refractivity contribution in [2.45, 2.75) is 13.0 Å². The number of carbonyl (C=O) groups excluding carboxylic acids is 1. The number of amides is 1. The number of carbonyl (C=O) groups is 1. The van der Waals surface area contributed by atoms with Gasteiger partial charge in [0.1, 0.15) is 6.26 Å². The van der Waals surface area contributed by atoms with E-state index in [1.165, 1.54) is 6.26 Å². The van der Waals surface area contributed by atoms with Crippen molar-refractivity contribution in [2.24, 2.45) is 0 Å². The molecule has 9 nitrogen and oxygen atoms in total. The van der Waals surface area contributed by atoms with Crippen molar-refractivity contribution >= 4 is 29.2 Å². The average molecular weight is 444 g/mol. The number of piperazine rings is 1. The summed E-state index contributed by atoms with van der Waals surface area (Å²) in [4.78, 5) is 21.0. The van der Waals surface area contributed by atoms with Gasteiger partial charge in [-0.1, -0.05) is 17.7 Å². The van der Waals surface area contributed by atoms with Gasteiger partial charge < -0.3 is 25.3 Å². The summed E-state index contributed by atoms with van der Waals surface area (Å²) >= 11 is 6.27. The number of nitrogens with zero attached hydrogens (tertiary/aromatic N) is 5. The summed E-state index contributed by atoms with van der Waals surface area (Å²) in [6.45, 7) is 6.45. The highest BCUT2D eigenvalue weighted by Crippen LogP contribution is 2.29. The molecule has 1 fully saturated rings. The van der Waals surface area contributed by atoms with E-state index in [-0.39, 0.29) is 11.7 Å². The highest BCUT2D eigenvalue weighted by atomic mass is 35.5. The van der Waals surface area contributed by atoms with Gasteiger partial charge in [0.05, 0.1) is 16.9 Å². The van der Waals surface area contributed by atoms with Crippen molar-refractivity contribution < 1.29 is 9.21 Å². The molecular weight excluding hydrogens is 418 g/mol. The predicted octanol–water partition coefficient (Wildman–Crippen LogP) is 2.66. The van der Waals surface area contributed by atoms with Crippen LogP contribution in [0.4, 0.5) is 11.7 Å². The second-order valence-corrected chi connectivity index (χ2v) is 8.12. The number of hydrogen-bond acceptors (Lipinski definition) is 7. The molecule has 1 saturated heterocycles. The van der Waals surface area contributed by atoms with Crippen LogP contribution in [-0.4, -0.2) is 70.2 Å². The van der Waals surface area contributed by atoms with E-state index in [9.17, 15) is 4.79 Å². The molecule has 0 unspecified atom stereocenters. The molecule has 4 rings (SSSR count). The molecule has 0 aliphatic carbocycles. The Morgan fingerprint density at radius 3 is 2.77 bits per heavy atom. The number of nitrogens with two attached hydrogens (primary N) is 1. The smallest absolute Gasteiger partial charge is 0.292 e. The van der Waals surface area contributed by atoms with Crippen LogP contribution in [0.15, 0.2) is 41.3 Å². The summed E-state index contributed by atoms with van der Waals surface area (Å²) in [5.74, 6) is -0.445. The summed E-state index contributed by atoms with van der Waals surface area (Å²) in [6, 6.07) is 5.39. The van der Waals surface area contributed by atoms with Gasteiger partial charge in [-0.15, -0.1) is 0 Å². The summed E-state index contributed by atoms with van der Waals surface area (Å²) in [7, 11) is 2.17. The highest BCUT2D eigenvalue weighted by Gasteiger charge is 2.15. The zero-order valence-corrected chi connectivity index (χ0v) is 18.2. The van der Waals surface area contributed by atoms with Crippen molar-refractivity contribution in [3.8, 4) is 11.1 Å². The molecule has 1 aromatic carbocycles. The standard InChI is InChI=1S/C21H26ClN7O2/c1-27-7-9-28(10-8-27)5-2-6-29-13-16(12-24-29)15-3-4-17(22)18(11-15)25-20(30)19-14-31-21(23)26-19/h3-4,11-14H,2,5-10H2,1H3,(H2,23,26)(H,25,30). The third-order valence-electron chi connectivity index (χ3n) is 5.39. The van der Waals surface area contributed by atoms with Crippen molar-refractivity contribution in [1.82, 2.24) is 24.6 Å². The maximum absolute atomic E-state index is 12.3. The first kappa shape index (κ1) is 21.4. The molecule has 0 saturated carbocycles. The molecule has 3 aromatic rings.